The third-order valence-electron chi connectivity index (χ3n) is 1.91. The molecular formula is C9H20N2O2. The average molecular weight is 188 g/mol. The van der Waals surface area contributed by atoms with Gasteiger partial charge < -0.3 is 15.3 Å². The van der Waals surface area contributed by atoms with Gasteiger partial charge in [0, 0.05) is 6.04 Å². The van der Waals surface area contributed by atoms with Crippen molar-refractivity contribution in [2.75, 3.05) is 13.3 Å². The third-order valence-corrected chi connectivity index (χ3v) is 1.91. The molecule has 0 aliphatic rings. The number of carbonyl (C=O) groups excluding carboxylic acids is 1. The second kappa shape index (κ2) is 8.16. The van der Waals surface area contributed by atoms with Gasteiger partial charge in [-0.05, 0) is 12.8 Å². The van der Waals surface area contributed by atoms with Crippen LogP contribution in [0.2, 0.25) is 0 Å². The van der Waals surface area contributed by atoms with Gasteiger partial charge in [-0.25, -0.2) is 0 Å². The average Bonchev–Trinajstić information content (AvgIpc) is 2.18. The standard InChI is InChI=1S/C9H20N2O2/c1-3-8(10)6-13-7-11-9(4-2)5-12/h5,8-9,11H,3-4,6-7,10H2,1-2H3. The molecule has 0 aromatic carbocycles. The number of aldehydes is 1. The molecule has 0 aromatic heterocycles. The number of hydrogen-bond acceptors (Lipinski definition) is 4. The Morgan fingerprint density at radius 3 is 2.62 bits per heavy atom. The van der Waals surface area contributed by atoms with Crippen molar-refractivity contribution in [3.63, 3.8) is 0 Å². The molecule has 0 spiro atoms. The van der Waals surface area contributed by atoms with Crippen LogP contribution in [0.4, 0.5) is 0 Å². The lowest BCUT2D eigenvalue weighted by Crippen LogP contribution is -2.34. The summed E-state index contributed by atoms with van der Waals surface area (Å²) in [6.07, 6.45) is 2.58. The van der Waals surface area contributed by atoms with E-state index >= 15 is 0 Å². The van der Waals surface area contributed by atoms with Crippen molar-refractivity contribution in [3.8, 4) is 0 Å². The minimum absolute atomic E-state index is 0.0955. The molecule has 0 saturated carbocycles. The fourth-order valence-corrected chi connectivity index (χ4v) is 0.783. The van der Waals surface area contributed by atoms with Crippen molar-refractivity contribution in [1.82, 2.24) is 5.32 Å². The van der Waals surface area contributed by atoms with Crippen LogP contribution in [0, 0.1) is 0 Å². The van der Waals surface area contributed by atoms with Crippen molar-refractivity contribution >= 4 is 6.29 Å². The number of hydrogen-bond donors (Lipinski definition) is 2. The fourth-order valence-electron chi connectivity index (χ4n) is 0.783. The summed E-state index contributed by atoms with van der Waals surface area (Å²) < 4.78 is 5.23. The maximum atomic E-state index is 10.4. The first-order valence-corrected chi connectivity index (χ1v) is 4.76. The molecule has 4 nitrogen and oxygen atoms in total. The van der Waals surface area contributed by atoms with Gasteiger partial charge in [0.15, 0.2) is 0 Å². The summed E-state index contributed by atoms with van der Waals surface area (Å²) in [5.74, 6) is 0. The molecule has 0 saturated heterocycles. The van der Waals surface area contributed by atoms with E-state index in [-0.39, 0.29) is 12.1 Å². The van der Waals surface area contributed by atoms with Crippen LogP contribution in [0.3, 0.4) is 0 Å². The Morgan fingerprint density at radius 1 is 1.46 bits per heavy atom. The van der Waals surface area contributed by atoms with Crippen molar-refractivity contribution in [3.05, 3.63) is 0 Å². The highest BCUT2D eigenvalue weighted by Gasteiger charge is 2.02. The Kier molecular flexibility index (Phi) is 7.88. The van der Waals surface area contributed by atoms with Crippen molar-refractivity contribution < 1.29 is 9.53 Å². The summed E-state index contributed by atoms with van der Waals surface area (Å²) in [5, 5.41) is 2.95. The van der Waals surface area contributed by atoms with Crippen LogP contribution in [0.25, 0.3) is 0 Å². The van der Waals surface area contributed by atoms with Gasteiger partial charge in [0.1, 0.15) is 6.29 Å². The Labute approximate surface area is 79.8 Å². The van der Waals surface area contributed by atoms with Gasteiger partial charge in [0.25, 0.3) is 0 Å². The number of rotatable bonds is 8. The van der Waals surface area contributed by atoms with Crippen LogP contribution >= 0.6 is 0 Å². The quantitative estimate of drug-likeness (QED) is 0.326. The zero-order valence-electron chi connectivity index (χ0n) is 8.45. The SMILES string of the molecule is CCC(N)COCNC(C=O)CC. The molecular weight excluding hydrogens is 168 g/mol. The van der Waals surface area contributed by atoms with E-state index in [1.807, 2.05) is 13.8 Å². The van der Waals surface area contributed by atoms with Crippen LogP contribution < -0.4 is 11.1 Å². The summed E-state index contributed by atoms with van der Waals surface area (Å²) in [5.41, 5.74) is 5.63. The first-order valence-electron chi connectivity index (χ1n) is 4.76. The molecule has 0 radical (unpaired) electrons. The molecule has 0 bridgehead atoms. The van der Waals surface area contributed by atoms with E-state index in [2.05, 4.69) is 5.32 Å². The lowest BCUT2D eigenvalue weighted by Gasteiger charge is -2.12. The minimum Gasteiger partial charge on any atom is -0.365 e. The van der Waals surface area contributed by atoms with Crippen molar-refractivity contribution in [2.45, 2.75) is 38.8 Å². The van der Waals surface area contributed by atoms with Crippen molar-refractivity contribution in [1.29, 1.82) is 0 Å². The maximum Gasteiger partial charge on any atom is 0.136 e. The second-order valence-corrected chi connectivity index (χ2v) is 3.04. The molecule has 0 aliphatic heterocycles. The Bertz CT molecular complexity index is 131. The monoisotopic (exact) mass is 188 g/mol. The maximum absolute atomic E-state index is 10.4. The summed E-state index contributed by atoms with van der Waals surface area (Å²) in [6.45, 7) is 4.90. The third kappa shape index (κ3) is 6.69. The lowest BCUT2D eigenvalue weighted by molar-refractivity contribution is -0.110. The molecule has 0 aromatic rings. The summed E-state index contributed by atoms with van der Waals surface area (Å²) in [7, 11) is 0. The predicted octanol–water partition coefficient (Wildman–Crippen LogP) is 0.265. The topological polar surface area (TPSA) is 64.3 Å². The van der Waals surface area contributed by atoms with Crippen LogP contribution in [0.15, 0.2) is 0 Å². The molecule has 3 N–H and O–H groups in total. The van der Waals surface area contributed by atoms with Crippen LogP contribution in [0.5, 0.6) is 0 Å². The van der Waals surface area contributed by atoms with Gasteiger partial charge in [-0.2, -0.15) is 0 Å². The Morgan fingerprint density at radius 2 is 2.15 bits per heavy atom. The largest absolute Gasteiger partial charge is 0.365 e. The van der Waals surface area contributed by atoms with Gasteiger partial charge in [0.05, 0.1) is 19.4 Å². The Balaban J connectivity index is 3.28. The smallest absolute Gasteiger partial charge is 0.136 e. The van der Waals surface area contributed by atoms with E-state index in [9.17, 15) is 4.79 Å². The molecule has 0 amide bonds. The highest BCUT2D eigenvalue weighted by atomic mass is 16.5. The Hall–Kier alpha value is -0.450. The van der Waals surface area contributed by atoms with E-state index in [0.717, 1.165) is 19.1 Å². The minimum atomic E-state index is -0.0992. The summed E-state index contributed by atoms with van der Waals surface area (Å²) in [6, 6.07) is -0.00374. The van der Waals surface area contributed by atoms with Gasteiger partial charge >= 0.3 is 0 Å². The van der Waals surface area contributed by atoms with E-state index in [1.165, 1.54) is 0 Å². The molecule has 0 heterocycles. The van der Waals surface area contributed by atoms with Gasteiger partial charge in [0.2, 0.25) is 0 Å². The molecule has 0 fully saturated rings. The summed E-state index contributed by atoms with van der Waals surface area (Å²) >= 11 is 0. The highest BCUT2D eigenvalue weighted by Crippen LogP contribution is 1.88. The van der Waals surface area contributed by atoms with E-state index < -0.39 is 0 Å². The van der Waals surface area contributed by atoms with Gasteiger partial charge in [-0.3, -0.25) is 5.32 Å². The lowest BCUT2D eigenvalue weighted by atomic mass is 10.2. The van der Waals surface area contributed by atoms with Crippen LogP contribution in [-0.4, -0.2) is 31.7 Å². The first kappa shape index (κ1) is 12.6. The second-order valence-electron chi connectivity index (χ2n) is 3.04. The van der Waals surface area contributed by atoms with Crippen LogP contribution in [0.1, 0.15) is 26.7 Å². The predicted molar refractivity (Wildman–Crippen MR) is 52.4 cm³/mol. The number of nitrogens with one attached hydrogen (secondary N) is 1. The van der Waals surface area contributed by atoms with Gasteiger partial charge in [-0.15, -0.1) is 0 Å². The normalized spacial score (nSPS) is 15.3. The van der Waals surface area contributed by atoms with Crippen molar-refractivity contribution in [2.24, 2.45) is 5.73 Å². The highest BCUT2D eigenvalue weighted by molar-refractivity contribution is 5.57. The van der Waals surface area contributed by atoms with E-state index in [4.69, 9.17) is 10.5 Å². The van der Waals surface area contributed by atoms with Gasteiger partial charge in [-0.1, -0.05) is 13.8 Å². The molecule has 78 valence electrons. The zero-order chi connectivity index (χ0) is 10.1. The molecule has 4 heteroatoms. The molecule has 13 heavy (non-hydrogen) atoms. The number of nitrogens with two attached hydrogens (primary N) is 1. The zero-order valence-corrected chi connectivity index (χ0v) is 8.45. The fraction of sp³-hybridized carbons (Fsp3) is 0.889. The number of carbonyl (C=O) groups is 1. The molecule has 2 atom stereocenters. The molecule has 0 aliphatic carbocycles. The van der Waals surface area contributed by atoms with Crippen LogP contribution in [-0.2, 0) is 9.53 Å². The van der Waals surface area contributed by atoms with E-state index in [1.54, 1.807) is 0 Å². The molecule has 0 rings (SSSR count). The van der Waals surface area contributed by atoms with E-state index in [0.29, 0.717) is 13.3 Å². The number of ether oxygens (including phenoxy) is 1. The molecule has 2 unspecified atom stereocenters. The summed E-state index contributed by atoms with van der Waals surface area (Å²) in [4.78, 5) is 10.4. The first-order chi connectivity index (χ1) is 6.24.